The molecule has 0 unspecified atom stereocenters. The molecule has 1 aliphatic rings. The molecule has 0 radical (unpaired) electrons. The van der Waals surface area contributed by atoms with Gasteiger partial charge in [0.05, 0.1) is 5.52 Å². The Morgan fingerprint density at radius 1 is 0.894 bits per heavy atom. The molecule has 0 saturated heterocycles. The number of pyridine rings is 1. The SMILES string of the molecule is CC(=O)NCCc1c[nH]c2ccc(N(CCCCCCCCCCCCNc3c4c(nc5cc(Cl)ccc35)CCCC4)C(=O)O)cc12. The van der Waals surface area contributed by atoms with Gasteiger partial charge in [0, 0.05) is 71.1 Å². The fourth-order valence-electron chi connectivity index (χ4n) is 6.87. The van der Waals surface area contributed by atoms with E-state index in [2.05, 4.69) is 21.7 Å². The largest absolute Gasteiger partial charge is 0.465 e. The summed E-state index contributed by atoms with van der Waals surface area (Å²) in [5.74, 6) is -0.0534. The number of H-pyrrole nitrogens is 1. The quantitative estimate of drug-likeness (QED) is 0.0796. The number of aryl methyl sites for hydroxylation is 1. The standard InChI is InChI=1S/C38H50ClN5O3/c1-27(45)40-22-20-28-26-42-34-19-17-30(25-33(28)34)44(38(46)47)23-13-9-7-5-3-2-4-6-8-12-21-41-37-31-14-10-11-15-35(31)43-36-24-29(39)16-18-32(36)37/h16-19,24-26,42H,2-15,20-23H2,1H3,(H,40,45)(H,41,43)(H,46,47). The average Bonchev–Trinajstić information content (AvgIpc) is 3.46. The van der Waals surface area contributed by atoms with E-state index in [-0.39, 0.29) is 5.91 Å². The normalized spacial score (nSPS) is 12.7. The Bertz CT molecular complexity index is 1650. The van der Waals surface area contributed by atoms with Crippen LogP contribution in [0.3, 0.4) is 0 Å². The summed E-state index contributed by atoms with van der Waals surface area (Å²) in [6.45, 7) is 3.54. The smallest absolute Gasteiger partial charge is 0.411 e. The van der Waals surface area contributed by atoms with Crippen LogP contribution in [0.5, 0.6) is 0 Å². The van der Waals surface area contributed by atoms with Gasteiger partial charge in [-0.05, 0) is 92.5 Å². The van der Waals surface area contributed by atoms with E-state index in [1.165, 1.54) is 91.9 Å². The van der Waals surface area contributed by atoms with Gasteiger partial charge in [0.2, 0.25) is 5.91 Å². The zero-order valence-electron chi connectivity index (χ0n) is 27.8. The van der Waals surface area contributed by atoms with Gasteiger partial charge in [-0.1, -0.05) is 63.0 Å². The lowest BCUT2D eigenvalue weighted by Crippen LogP contribution is -2.30. The van der Waals surface area contributed by atoms with Crippen molar-refractivity contribution < 1.29 is 14.7 Å². The Hall–Kier alpha value is -3.78. The highest BCUT2D eigenvalue weighted by atomic mass is 35.5. The number of anilines is 2. The summed E-state index contributed by atoms with van der Waals surface area (Å²) < 4.78 is 0. The van der Waals surface area contributed by atoms with Crippen molar-refractivity contribution in [2.45, 2.75) is 103 Å². The van der Waals surface area contributed by atoms with Crippen molar-refractivity contribution in [3.63, 3.8) is 0 Å². The molecule has 4 N–H and O–H groups in total. The molecule has 8 nitrogen and oxygen atoms in total. The number of halogens is 1. The van der Waals surface area contributed by atoms with Gasteiger partial charge in [-0.25, -0.2) is 4.79 Å². The summed E-state index contributed by atoms with van der Waals surface area (Å²) >= 11 is 6.27. The lowest BCUT2D eigenvalue weighted by molar-refractivity contribution is -0.118. The zero-order valence-corrected chi connectivity index (χ0v) is 28.6. The number of nitrogens with zero attached hydrogens (tertiary/aromatic N) is 2. The van der Waals surface area contributed by atoms with E-state index in [0.717, 1.165) is 65.7 Å². The Labute approximate surface area is 283 Å². The molecule has 47 heavy (non-hydrogen) atoms. The first-order valence-corrected chi connectivity index (χ1v) is 18.0. The lowest BCUT2D eigenvalue weighted by Gasteiger charge is -2.22. The van der Waals surface area contributed by atoms with Crippen molar-refractivity contribution >= 4 is 56.8 Å². The van der Waals surface area contributed by atoms with Gasteiger partial charge in [-0.3, -0.25) is 14.7 Å². The number of hydrogen-bond donors (Lipinski definition) is 4. The number of benzene rings is 2. The van der Waals surface area contributed by atoms with Crippen molar-refractivity contribution in [3.8, 4) is 0 Å². The maximum absolute atomic E-state index is 12.1. The fourth-order valence-corrected chi connectivity index (χ4v) is 7.04. The monoisotopic (exact) mass is 659 g/mol. The minimum Gasteiger partial charge on any atom is -0.465 e. The van der Waals surface area contributed by atoms with Crippen LogP contribution in [0.2, 0.25) is 5.02 Å². The summed E-state index contributed by atoms with van der Waals surface area (Å²) in [5, 5.41) is 19.4. The Kier molecular flexibility index (Phi) is 12.8. The average molecular weight is 660 g/mol. The van der Waals surface area contributed by atoms with Crippen LogP contribution >= 0.6 is 11.6 Å². The zero-order chi connectivity index (χ0) is 33.0. The van der Waals surface area contributed by atoms with E-state index >= 15 is 0 Å². The number of nitrogens with one attached hydrogen (secondary N) is 3. The van der Waals surface area contributed by atoms with Gasteiger partial charge in [0.25, 0.3) is 0 Å². The van der Waals surface area contributed by atoms with E-state index in [1.807, 2.05) is 36.5 Å². The maximum Gasteiger partial charge on any atom is 0.411 e. The summed E-state index contributed by atoms with van der Waals surface area (Å²) in [5.41, 5.74) is 7.66. The van der Waals surface area contributed by atoms with Crippen LogP contribution in [0.15, 0.2) is 42.6 Å². The summed E-state index contributed by atoms with van der Waals surface area (Å²) in [7, 11) is 0. The second kappa shape index (κ2) is 17.4. The molecule has 2 aromatic heterocycles. The van der Waals surface area contributed by atoms with Gasteiger partial charge in [-0.2, -0.15) is 0 Å². The third-order valence-corrected chi connectivity index (χ3v) is 9.63. The molecule has 4 aromatic rings. The van der Waals surface area contributed by atoms with Crippen LogP contribution in [0.25, 0.3) is 21.8 Å². The molecule has 0 aliphatic heterocycles. The number of aromatic amines is 1. The van der Waals surface area contributed by atoms with E-state index in [9.17, 15) is 14.7 Å². The van der Waals surface area contributed by atoms with Crippen molar-refractivity contribution in [1.82, 2.24) is 15.3 Å². The molecular formula is C38H50ClN5O3. The molecule has 0 spiro atoms. The molecule has 0 bridgehead atoms. The van der Waals surface area contributed by atoms with E-state index in [0.29, 0.717) is 25.2 Å². The van der Waals surface area contributed by atoms with Crippen molar-refractivity contribution in [2.24, 2.45) is 0 Å². The predicted molar refractivity (Wildman–Crippen MR) is 194 cm³/mol. The molecule has 0 saturated carbocycles. The first-order valence-electron chi connectivity index (χ1n) is 17.6. The second-order valence-corrected chi connectivity index (χ2v) is 13.4. The van der Waals surface area contributed by atoms with Gasteiger partial charge in [0.1, 0.15) is 0 Å². The topological polar surface area (TPSA) is 110 Å². The van der Waals surface area contributed by atoms with Crippen LogP contribution < -0.4 is 15.5 Å². The number of hydrogen-bond acceptors (Lipinski definition) is 4. The lowest BCUT2D eigenvalue weighted by atomic mass is 9.92. The van der Waals surface area contributed by atoms with Crippen molar-refractivity contribution in [1.29, 1.82) is 0 Å². The van der Waals surface area contributed by atoms with Crippen molar-refractivity contribution in [3.05, 3.63) is 64.4 Å². The molecule has 0 atom stereocenters. The molecule has 2 amide bonds. The summed E-state index contributed by atoms with van der Waals surface area (Å²) in [6.07, 6.45) is 18.0. The van der Waals surface area contributed by atoms with Crippen LogP contribution in [0.1, 0.15) is 101 Å². The van der Waals surface area contributed by atoms with E-state index in [4.69, 9.17) is 16.6 Å². The number of unbranched alkanes of at least 4 members (excludes halogenated alkanes) is 9. The van der Waals surface area contributed by atoms with E-state index < -0.39 is 6.09 Å². The first kappa shape index (κ1) is 34.6. The molecule has 9 heteroatoms. The number of rotatable bonds is 18. The van der Waals surface area contributed by atoms with Gasteiger partial charge >= 0.3 is 6.09 Å². The van der Waals surface area contributed by atoms with Crippen LogP contribution in [0.4, 0.5) is 16.2 Å². The highest BCUT2D eigenvalue weighted by Crippen LogP contribution is 2.34. The summed E-state index contributed by atoms with van der Waals surface area (Å²) in [6, 6.07) is 11.8. The predicted octanol–water partition coefficient (Wildman–Crippen LogP) is 9.42. The molecule has 2 aromatic carbocycles. The molecule has 0 fully saturated rings. The Balaban J connectivity index is 0.951. The van der Waals surface area contributed by atoms with Crippen LogP contribution in [0, 0.1) is 0 Å². The fraction of sp³-hybridized carbons (Fsp3) is 0.500. The number of carbonyl (C=O) groups is 2. The van der Waals surface area contributed by atoms with E-state index in [1.54, 1.807) is 0 Å². The van der Waals surface area contributed by atoms with Gasteiger partial charge in [0.15, 0.2) is 0 Å². The van der Waals surface area contributed by atoms with Gasteiger partial charge < -0.3 is 20.7 Å². The number of fused-ring (bicyclic) bond motifs is 3. The highest BCUT2D eigenvalue weighted by molar-refractivity contribution is 6.31. The molecule has 2 heterocycles. The third-order valence-electron chi connectivity index (χ3n) is 9.40. The van der Waals surface area contributed by atoms with Crippen molar-refractivity contribution in [2.75, 3.05) is 29.9 Å². The minimum absolute atomic E-state index is 0.0534. The Morgan fingerprint density at radius 2 is 1.62 bits per heavy atom. The van der Waals surface area contributed by atoms with Gasteiger partial charge in [-0.15, -0.1) is 0 Å². The molecular weight excluding hydrogens is 610 g/mol. The number of carboxylic acid groups (broad SMARTS) is 1. The number of amides is 2. The third kappa shape index (κ3) is 9.63. The number of aromatic nitrogens is 2. The minimum atomic E-state index is -0.923. The Morgan fingerprint density at radius 3 is 2.36 bits per heavy atom. The maximum atomic E-state index is 12.1. The summed E-state index contributed by atoms with van der Waals surface area (Å²) in [4.78, 5) is 33.0. The molecule has 1 aliphatic carbocycles. The van der Waals surface area contributed by atoms with Crippen LogP contribution in [-0.2, 0) is 24.1 Å². The van der Waals surface area contributed by atoms with Crippen LogP contribution in [-0.4, -0.2) is 46.7 Å². The number of carbonyl (C=O) groups excluding carboxylic acids is 1. The first-order chi connectivity index (χ1) is 22.9. The molecule has 252 valence electrons. The molecule has 5 rings (SSSR count). The highest BCUT2D eigenvalue weighted by Gasteiger charge is 2.18. The second-order valence-electron chi connectivity index (χ2n) is 13.0.